The second-order valence-corrected chi connectivity index (χ2v) is 7.88. The highest BCUT2D eigenvalue weighted by Gasteiger charge is 2.07. The zero-order chi connectivity index (χ0) is 23.2. The Morgan fingerprint density at radius 3 is 2.48 bits per heavy atom. The average molecular weight is 571 g/mol. The van der Waals surface area contributed by atoms with Gasteiger partial charge < -0.3 is 29.7 Å². The Kier molecular flexibility index (Phi) is 14.5. The van der Waals surface area contributed by atoms with Crippen molar-refractivity contribution in [3.05, 3.63) is 59.2 Å². The monoisotopic (exact) mass is 570 g/mol. The molecule has 33 heavy (non-hydrogen) atoms. The van der Waals surface area contributed by atoms with Gasteiger partial charge in [0.2, 0.25) is 0 Å². The lowest BCUT2D eigenvalue weighted by Gasteiger charge is -2.16. The molecule has 2 aromatic carbocycles. The first kappa shape index (κ1) is 29.0. The molecule has 0 unspecified atom stereocenters. The molecule has 0 aromatic heterocycles. The largest absolute Gasteiger partial charge is 0.493 e. The van der Waals surface area contributed by atoms with Crippen molar-refractivity contribution in [3.8, 4) is 11.5 Å². The van der Waals surface area contributed by atoms with E-state index in [2.05, 4.69) is 57.8 Å². The fourth-order valence-electron chi connectivity index (χ4n) is 3.00. The topological polar surface area (TPSA) is 67.4 Å². The van der Waals surface area contributed by atoms with Gasteiger partial charge in [-0.1, -0.05) is 24.3 Å². The third kappa shape index (κ3) is 11.6. The van der Waals surface area contributed by atoms with Gasteiger partial charge in [-0.2, -0.15) is 0 Å². The van der Waals surface area contributed by atoms with E-state index in [1.807, 2.05) is 26.2 Å². The van der Waals surface area contributed by atoms with Crippen LogP contribution in [0.5, 0.6) is 11.5 Å². The van der Waals surface area contributed by atoms with Crippen LogP contribution in [0, 0.1) is 6.92 Å². The second-order valence-electron chi connectivity index (χ2n) is 7.88. The highest BCUT2D eigenvalue weighted by atomic mass is 127. The van der Waals surface area contributed by atoms with Crippen molar-refractivity contribution in [2.24, 2.45) is 4.99 Å². The van der Waals surface area contributed by atoms with Crippen LogP contribution in [0.15, 0.2) is 47.5 Å². The molecule has 0 radical (unpaired) electrons. The normalized spacial score (nSPS) is 11.2. The molecule has 0 saturated carbocycles. The Hall–Kier alpha value is -2.04. The zero-order valence-corrected chi connectivity index (χ0v) is 22.8. The highest BCUT2D eigenvalue weighted by molar-refractivity contribution is 14.0. The number of hydrogen-bond donors (Lipinski definition) is 2. The third-order valence-electron chi connectivity index (χ3n) is 4.81. The number of guanidine groups is 1. The first-order valence-corrected chi connectivity index (χ1v) is 11.0. The number of hydrogen-bond acceptors (Lipinski definition) is 5. The SMILES string of the molecule is CN=C(NCc1cccc(OCCN(C)C)c1)NCc1ccc(C)cc1OCCCOC.I. The summed E-state index contributed by atoms with van der Waals surface area (Å²) in [5.41, 5.74) is 3.39. The minimum Gasteiger partial charge on any atom is -0.493 e. The molecule has 0 heterocycles. The van der Waals surface area contributed by atoms with Gasteiger partial charge in [0.15, 0.2) is 5.96 Å². The summed E-state index contributed by atoms with van der Waals surface area (Å²) >= 11 is 0. The van der Waals surface area contributed by atoms with Gasteiger partial charge in [-0.05, 0) is 50.3 Å². The summed E-state index contributed by atoms with van der Waals surface area (Å²) < 4.78 is 16.9. The van der Waals surface area contributed by atoms with Crippen molar-refractivity contribution in [1.29, 1.82) is 0 Å². The van der Waals surface area contributed by atoms with Crippen LogP contribution >= 0.6 is 24.0 Å². The van der Waals surface area contributed by atoms with E-state index in [1.165, 1.54) is 5.56 Å². The number of likely N-dealkylation sites (N-methyl/N-ethyl adjacent to an activating group) is 1. The summed E-state index contributed by atoms with van der Waals surface area (Å²) in [6.07, 6.45) is 0.860. The molecule has 0 spiro atoms. The Labute approximate surface area is 215 Å². The van der Waals surface area contributed by atoms with Gasteiger partial charge in [0.25, 0.3) is 0 Å². The number of nitrogens with one attached hydrogen (secondary N) is 2. The lowest BCUT2D eigenvalue weighted by Crippen LogP contribution is -2.36. The molecule has 0 aliphatic rings. The maximum atomic E-state index is 5.98. The van der Waals surface area contributed by atoms with E-state index >= 15 is 0 Å². The third-order valence-corrected chi connectivity index (χ3v) is 4.81. The molecule has 7 nitrogen and oxygen atoms in total. The Bertz CT molecular complexity index is 846. The van der Waals surface area contributed by atoms with Crippen LogP contribution in [0.2, 0.25) is 0 Å². The smallest absolute Gasteiger partial charge is 0.191 e. The number of rotatable bonds is 13. The van der Waals surface area contributed by atoms with Crippen molar-refractivity contribution >= 4 is 29.9 Å². The van der Waals surface area contributed by atoms with Crippen molar-refractivity contribution in [2.45, 2.75) is 26.4 Å². The molecule has 184 valence electrons. The summed E-state index contributed by atoms with van der Waals surface area (Å²) in [5.74, 6) is 2.51. The highest BCUT2D eigenvalue weighted by Crippen LogP contribution is 2.20. The van der Waals surface area contributed by atoms with E-state index in [1.54, 1.807) is 14.2 Å². The maximum Gasteiger partial charge on any atom is 0.191 e. The van der Waals surface area contributed by atoms with Gasteiger partial charge in [-0.3, -0.25) is 4.99 Å². The molecule has 2 N–H and O–H groups in total. The predicted octanol–water partition coefficient (Wildman–Crippen LogP) is 3.83. The fourth-order valence-corrected chi connectivity index (χ4v) is 3.00. The molecular formula is C25H39IN4O3. The van der Waals surface area contributed by atoms with E-state index < -0.39 is 0 Å². The van der Waals surface area contributed by atoms with E-state index in [0.717, 1.165) is 41.6 Å². The lowest BCUT2D eigenvalue weighted by atomic mass is 10.1. The van der Waals surface area contributed by atoms with Gasteiger partial charge >= 0.3 is 0 Å². The fraction of sp³-hybridized carbons (Fsp3) is 0.480. The number of halogens is 1. The standard InChI is InChI=1S/C25H38N4O3.HI/c1-20-10-11-22(24(16-20)32-14-7-13-30-5)19-28-25(26-2)27-18-21-8-6-9-23(17-21)31-15-12-29(3)4;/h6,8-11,16-17H,7,12-15,18-19H2,1-5H3,(H2,26,27,28);1H. The Morgan fingerprint density at radius 1 is 0.970 bits per heavy atom. The average Bonchev–Trinajstić information content (AvgIpc) is 2.78. The summed E-state index contributed by atoms with van der Waals surface area (Å²) in [6, 6.07) is 14.4. The molecule has 2 aromatic rings. The summed E-state index contributed by atoms with van der Waals surface area (Å²) in [5, 5.41) is 6.74. The first-order valence-electron chi connectivity index (χ1n) is 11.0. The molecule has 8 heteroatoms. The zero-order valence-electron chi connectivity index (χ0n) is 20.5. The van der Waals surface area contributed by atoms with Crippen LogP contribution in [-0.4, -0.2) is 65.5 Å². The van der Waals surface area contributed by atoms with Crippen LogP contribution < -0.4 is 20.1 Å². The Morgan fingerprint density at radius 2 is 1.76 bits per heavy atom. The van der Waals surface area contributed by atoms with Gasteiger partial charge in [-0.25, -0.2) is 0 Å². The van der Waals surface area contributed by atoms with E-state index in [4.69, 9.17) is 14.2 Å². The summed E-state index contributed by atoms with van der Waals surface area (Å²) in [6.45, 7) is 6.21. The molecule has 0 aliphatic heterocycles. The van der Waals surface area contributed by atoms with Gasteiger partial charge in [-0.15, -0.1) is 24.0 Å². The molecule has 0 atom stereocenters. The van der Waals surface area contributed by atoms with Gasteiger partial charge in [0, 0.05) is 52.4 Å². The number of methoxy groups -OCH3 is 1. The van der Waals surface area contributed by atoms with Crippen LogP contribution in [0.25, 0.3) is 0 Å². The molecule has 0 saturated heterocycles. The van der Waals surface area contributed by atoms with E-state index in [-0.39, 0.29) is 24.0 Å². The van der Waals surface area contributed by atoms with Crippen LogP contribution in [0.4, 0.5) is 0 Å². The first-order chi connectivity index (χ1) is 15.5. The molecule has 2 rings (SSSR count). The second kappa shape index (κ2) is 16.6. The quantitative estimate of drug-likeness (QED) is 0.165. The van der Waals surface area contributed by atoms with Crippen molar-refractivity contribution in [1.82, 2.24) is 15.5 Å². The van der Waals surface area contributed by atoms with Gasteiger partial charge in [0.1, 0.15) is 18.1 Å². The molecular weight excluding hydrogens is 531 g/mol. The molecule has 0 fully saturated rings. The predicted molar refractivity (Wildman–Crippen MR) is 146 cm³/mol. The number of benzene rings is 2. The van der Waals surface area contributed by atoms with Crippen molar-refractivity contribution < 1.29 is 14.2 Å². The summed E-state index contributed by atoms with van der Waals surface area (Å²) in [7, 11) is 7.55. The number of nitrogens with zero attached hydrogens (tertiary/aromatic N) is 2. The minimum atomic E-state index is 0. The number of aliphatic imine (C=N–C) groups is 1. The van der Waals surface area contributed by atoms with Crippen LogP contribution in [-0.2, 0) is 17.8 Å². The number of aryl methyl sites for hydroxylation is 1. The van der Waals surface area contributed by atoms with Gasteiger partial charge in [0.05, 0.1) is 6.61 Å². The van der Waals surface area contributed by atoms with Crippen LogP contribution in [0.3, 0.4) is 0 Å². The van der Waals surface area contributed by atoms with Crippen molar-refractivity contribution in [2.75, 3.05) is 54.6 Å². The van der Waals surface area contributed by atoms with Crippen molar-refractivity contribution in [3.63, 3.8) is 0 Å². The summed E-state index contributed by atoms with van der Waals surface area (Å²) in [4.78, 5) is 6.45. The van der Waals surface area contributed by atoms with Crippen LogP contribution in [0.1, 0.15) is 23.1 Å². The molecule has 0 aliphatic carbocycles. The maximum absolute atomic E-state index is 5.98. The number of ether oxygens (including phenoxy) is 3. The Balaban J connectivity index is 0.00000544. The van der Waals surface area contributed by atoms with E-state index in [0.29, 0.717) is 32.9 Å². The minimum absolute atomic E-state index is 0. The molecule has 0 bridgehead atoms. The molecule has 0 amide bonds. The lowest BCUT2D eigenvalue weighted by molar-refractivity contribution is 0.171. The van der Waals surface area contributed by atoms with E-state index in [9.17, 15) is 0 Å².